The minimum Gasteiger partial charge on any atom is -0.361 e. The number of nitrogens with zero attached hydrogens (tertiary/aromatic N) is 1. The summed E-state index contributed by atoms with van der Waals surface area (Å²) in [5, 5.41) is 10.1. The summed E-state index contributed by atoms with van der Waals surface area (Å²) in [7, 11) is 0. The normalized spacial score (nSPS) is 13.8. The second-order valence-corrected chi connectivity index (χ2v) is 4.98. The number of hydrogen-bond acceptors (Lipinski definition) is 4. The predicted molar refractivity (Wildman–Crippen MR) is 74.3 cm³/mol. The number of aromatic nitrogens is 1. The minimum absolute atomic E-state index is 0.0515. The van der Waals surface area contributed by atoms with E-state index in [0.29, 0.717) is 6.54 Å². The van der Waals surface area contributed by atoms with Gasteiger partial charge in [-0.15, -0.1) is 0 Å². The van der Waals surface area contributed by atoms with E-state index in [9.17, 15) is 4.79 Å². The zero-order chi connectivity index (χ0) is 13.9. The maximum atomic E-state index is 12.3. The van der Waals surface area contributed by atoms with Gasteiger partial charge in [0.05, 0.1) is 6.54 Å². The van der Waals surface area contributed by atoms with Crippen molar-refractivity contribution < 1.29 is 9.32 Å². The molecule has 2 N–H and O–H groups in total. The van der Waals surface area contributed by atoms with Gasteiger partial charge in [-0.25, -0.2) is 0 Å². The summed E-state index contributed by atoms with van der Waals surface area (Å²) in [4.78, 5) is 12.3. The number of amides is 1. The fourth-order valence-corrected chi connectivity index (χ4v) is 2.51. The Hall–Kier alpha value is -2.14. The summed E-state index contributed by atoms with van der Waals surface area (Å²) in [5.41, 5.74) is 3.87. The number of rotatable bonds is 3. The lowest BCUT2D eigenvalue weighted by Gasteiger charge is -2.19. The molecule has 104 valence electrons. The van der Waals surface area contributed by atoms with Gasteiger partial charge < -0.3 is 15.2 Å². The lowest BCUT2D eigenvalue weighted by atomic mass is 9.95. The van der Waals surface area contributed by atoms with Crippen molar-refractivity contribution in [1.29, 1.82) is 0 Å². The summed E-state index contributed by atoms with van der Waals surface area (Å²) in [6.45, 7) is 3.97. The Morgan fingerprint density at radius 1 is 1.50 bits per heavy atom. The molecule has 0 aliphatic carbocycles. The van der Waals surface area contributed by atoms with E-state index in [1.807, 2.05) is 25.1 Å². The molecule has 0 saturated heterocycles. The average Bonchev–Trinajstić information content (AvgIpc) is 2.90. The predicted octanol–water partition coefficient (Wildman–Crippen LogP) is 1.56. The van der Waals surface area contributed by atoms with Gasteiger partial charge in [-0.3, -0.25) is 4.79 Å². The van der Waals surface area contributed by atoms with Crippen molar-refractivity contribution in [1.82, 2.24) is 15.8 Å². The zero-order valence-corrected chi connectivity index (χ0v) is 11.4. The Labute approximate surface area is 117 Å². The van der Waals surface area contributed by atoms with Crippen LogP contribution in [0.3, 0.4) is 0 Å². The van der Waals surface area contributed by atoms with Crippen LogP contribution >= 0.6 is 0 Å². The first-order chi connectivity index (χ1) is 9.74. The van der Waals surface area contributed by atoms with Crippen LogP contribution in [-0.4, -0.2) is 17.6 Å². The zero-order valence-electron chi connectivity index (χ0n) is 11.4. The molecule has 1 aromatic carbocycles. The fraction of sp³-hybridized carbons (Fsp3) is 0.333. The SMILES string of the molecule is Cc1cc(CNC(=O)c2cccc3c2CCNC3)no1. The van der Waals surface area contributed by atoms with Crippen molar-refractivity contribution in [3.63, 3.8) is 0 Å². The molecule has 1 aliphatic heterocycles. The van der Waals surface area contributed by atoms with Crippen molar-refractivity contribution in [3.8, 4) is 0 Å². The number of hydrogen-bond donors (Lipinski definition) is 2. The average molecular weight is 271 g/mol. The molecular formula is C15H17N3O2. The molecule has 0 fully saturated rings. The van der Waals surface area contributed by atoms with Gasteiger partial charge >= 0.3 is 0 Å². The molecule has 5 heteroatoms. The summed E-state index contributed by atoms with van der Waals surface area (Å²) in [6.07, 6.45) is 0.891. The molecule has 0 atom stereocenters. The van der Waals surface area contributed by atoms with Crippen molar-refractivity contribution in [2.45, 2.75) is 26.4 Å². The highest BCUT2D eigenvalue weighted by Crippen LogP contribution is 2.18. The molecule has 1 aromatic heterocycles. The van der Waals surface area contributed by atoms with E-state index in [0.717, 1.165) is 42.1 Å². The van der Waals surface area contributed by atoms with Gasteiger partial charge in [-0.2, -0.15) is 0 Å². The maximum Gasteiger partial charge on any atom is 0.251 e. The Morgan fingerprint density at radius 2 is 2.40 bits per heavy atom. The third-order valence-corrected chi connectivity index (χ3v) is 3.49. The van der Waals surface area contributed by atoms with Crippen LogP contribution in [0.2, 0.25) is 0 Å². The first kappa shape index (κ1) is 12.9. The summed E-state index contributed by atoms with van der Waals surface area (Å²) >= 11 is 0. The number of aryl methyl sites for hydroxylation is 1. The molecule has 5 nitrogen and oxygen atoms in total. The van der Waals surface area contributed by atoms with Crippen LogP contribution in [0.15, 0.2) is 28.8 Å². The summed E-state index contributed by atoms with van der Waals surface area (Å²) in [6, 6.07) is 7.71. The molecule has 1 aliphatic rings. The molecule has 0 spiro atoms. The molecule has 0 radical (unpaired) electrons. The third kappa shape index (κ3) is 2.58. The Kier molecular flexibility index (Phi) is 3.52. The lowest BCUT2D eigenvalue weighted by molar-refractivity contribution is 0.0949. The van der Waals surface area contributed by atoms with Gasteiger partial charge in [-0.05, 0) is 37.1 Å². The second-order valence-electron chi connectivity index (χ2n) is 4.98. The van der Waals surface area contributed by atoms with Crippen LogP contribution in [0.5, 0.6) is 0 Å². The minimum atomic E-state index is -0.0515. The maximum absolute atomic E-state index is 12.3. The number of nitrogens with one attached hydrogen (secondary N) is 2. The number of fused-ring (bicyclic) bond motifs is 1. The fourth-order valence-electron chi connectivity index (χ4n) is 2.51. The van der Waals surface area contributed by atoms with E-state index < -0.39 is 0 Å². The molecule has 3 rings (SSSR count). The first-order valence-corrected chi connectivity index (χ1v) is 6.76. The van der Waals surface area contributed by atoms with Crippen LogP contribution in [0, 0.1) is 6.92 Å². The Bertz CT molecular complexity index is 634. The number of carbonyl (C=O) groups is 1. The van der Waals surface area contributed by atoms with Crippen LogP contribution < -0.4 is 10.6 Å². The highest BCUT2D eigenvalue weighted by Gasteiger charge is 2.17. The number of benzene rings is 1. The van der Waals surface area contributed by atoms with E-state index in [2.05, 4.69) is 21.9 Å². The van der Waals surface area contributed by atoms with E-state index in [1.54, 1.807) is 0 Å². The quantitative estimate of drug-likeness (QED) is 0.889. The van der Waals surface area contributed by atoms with E-state index >= 15 is 0 Å². The van der Waals surface area contributed by atoms with Crippen molar-refractivity contribution in [2.75, 3.05) is 6.54 Å². The van der Waals surface area contributed by atoms with Gasteiger partial charge in [0.25, 0.3) is 5.91 Å². The molecule has 0 bridgehead atoms. The van der Waals surface area contributed by atoms with Gasteiger partial charge in [0, 0.05) is 18.2 Å². The topological polar surface area (TPSA) is 67.2 Å². The summed E-state index contributed by atoms with van der Waals surface area (Å²) < 4.78 is 4.98. The van der Waals surface area contributed by atoms with Crippen molar-refractivity contribution in [3.05, 3.63) is 52.4 Å². The molecular weight excluding hydrogens is 254 g/mol. The smallest absolute Gasteiger partial charge is 0.251 e. The molecule has 0 saturated carbocycles. The summed E-state index contributed by atoms with van der Waals surface area (Å²) in [5.74, 6) is 0.696. The van der Waals surface area contributed by atoms with Crippen LogP contribution in [-0.2, 0) is 19.5 Å². The first-order valence-electron chi connectivity index (χ1n) is 6.76. The molecule has 2 heterocycles. The Morgan fingerprint density at radius 3 is 3.20 bits per heavy atom. The molecule has 0 unspecified atom stereocenters. The van der Waals surface area contributed by atoms with Crippen LogP contribution in [0.1, 0.15) is 32.9 Å². The monoisotopic (exact) mass is 271 g/mol. The lowest BCUT2D eigenvalue weighted by Crippen LogP contribution is -2.29. The number of carbonyl (C=O) groups excluding carboxylic acids is 1. The highest BCUT2D eigenvalue weighted by molar-refractivity contribution is 5.96. The highest BCUT2D eigenvalue weighted by atomic mass is 16.5. The van der Waals surface area contributed by atoms with Gasteiger partial charge in [0.15, 0.2) is 0 Å². The van der Waals surface area contributed by atoms with E-state index in [1.165, 1.54) is 5.56 Å². The van der Waals surface area contributed by atoms with E-state index in [4.69, 9.17) is 4.52 Å². The van der Waals surface area contributed by atoms with Crippen molar-refractivity contribution in [2.24, 2.45) is 0 Å². The molecule has 1 amide bonds. The standard InChI is InChI=1S/C15H17N3O2/c1-10-7-12(18-20-10)9-17-15(19)14-4-2-3-11-8-16-6-5-13(11)14/h2-4,7,16H,5-6,8-9H2,1H3,(H,17,19). The largest absolute Gasteiger partial charge is 0.361 e. The van der Waals surface area contributed by atoms with Gasteiger partial charge in [-0.1, -0.05) is 17.3 Å². The van der Waals surface area contributed by atoms with E-state index in [-0.39, 0.29) is 5.91 Å². The van der Waals surface area contributed by atoms with Crippen LogP contribution in [0.4, 0.5) is 0 Å². The molecule has 20 heavy (non-hydrogen) atoms. The van der Waals surface area contributed by atoms with Gasteiger partial charge in [0.2, 0.25) is 0 Å². The Balaban J connectivity index is 1.74. The second kappa shape index (κ2) is 5.46. The van der Waals surface area contributed by atoms with Crippen molar-refractivity contribution >= 4 is 5.91 Å². The molecule has 2 aromatic rings. The van der Waals surface area contributed by atoms with Gasteiger partial charge in [0.1, 0.15) is 11.5 Å². The third-order valence-electron chi connectivity index (χ3n) is 3.49. The van der Waals surface area contributed by atoms with Crippen LogP contribution in [0.25, 0.3) is 0 Å².